The molecule has 2 unspecified atom stereocenters. The Morgan fingerprint density at radius 2 is 2.10 bits per heavy atom. The SMILES string of the molecule is Cc1ccc(CNP(=O)(OCOC(=O)C(C)(C)C)C2CCCN(O)C2=O)cc1F. The lowest BCUT2D eigenvalue weighted by molar-refractivity contribution is -0.169. The van der Waals surface area contributed by atoms with E-state index in [1.807, 2.05) is 0 Å². The number of halogens is 1. The van der Waals surface area contributed by atoms with Gasteiger partial charge in [-0.05, 0) is 57.7 Å². The number of hydrogen-bond acceptors (Lipinski definition) is 6. The van der Waals surface area contributed by atoms with E-state index in [9.17, 15) is 23.8 Å². The molecule has 29 heavy (non-hydrogen) atoms. The minimum atomic E-state index is -3.89. The van der Waals surface area contributed by atoms with Gasteiger partial charge in [0.05, 0.1) is 5.41 Å². The van der Waals surface area contributed by atoms with E-state index in [0.29, 0.717) is 22.6 Å². The van der Waals surface area contributed by atoms with Crippen LogP contribution in [0.4, 0.5) is 4.39 Å². The largest absolute Gasteiger partial charge is 0.438 e. The van der Waals surface area contributed by atoms with Gasteiger partial charge in [0.25, 0.3) is 13.4 Å². The Hall–Kier alpha value is -1.80. The molecule has 1 heterocycles. The highest BCUT2D eigenvalue weighted by Crippen LogP contribution is 2.51. The fourth-order valence-corrected chi connectivity index (χ4v) is 4.77. The number of esters is 1. The van der Waals surface area contributed by atoms with Crippen LogP contribution in [0.1, 0.15) is 44.7 Å². The Bertz CT molecular complexity index is 810. The first-order valence-electron chi connectivity index (χ1n) is 9.36. The minimum absolute atomic E-state index is 0.0308. The van der Waals surface area contributed by atoms with Crippen LogP contribution >= 0.6 is 7.52 Å². The van der Waals surface area contributed by atoms with E-state index in [1.54, 1.807) is 39.8 Å². The van der Waals surface area contributed by atoms with Gasteiger partial charge in [0.1, 0.15) is 11.5 Å². The van der Waals surface area contributed by atoms with Crippen molar-refractivity contribution in [3.63, 3.8) is 0 Å². The van der Waals surface area contributed by atoms with Crippen molar-refractivity contribution in [2.75, 3.05) is 13.3 Å². The zero-order chi connectivity index (χ0) is 21.8. The van der Waals surface area contributed by atoms with Crippen molar-refractivity contribution in [2.24, 2.45) is 5.41 Å². The van der Waals surface area contributed by atoms with Gasteiger partial charge in [0.2, 0.25) is 0 Å². The van der Waals surface area contributed by atoms with Gasteiger partial charge < -0.3 is 4.74 Å². The monoisotopic (exact) mass is 430 g/mol. The number of ether oxygens (including phenoxy) is 1. The van der Waals surface area contributed by atoms with Gasteiger partial charge in [-0.2, -0.15) is 0 Å². The smallest absolute Gasteiger partial charge is 0.313 e. The number of hydroxylamine groups is 2. The molecule has 1 aliphatic heterocycles. The third-order valence-corrected chi connectivity index (χ3v) is 6.97. The lowest BCUT2D eigenvalue weighted by Gasteiger charge is -2.32. The van der Waals surface area contributed by atoms with E-state index in [0.717, 1.165) is 0 Å². The summed E-state index contributed by atoms with van der Waals surface area (Å²) in [5.74, 6) is -1.69. The summed E-state index contributed by atoms with van der Waals surface area (Å²) in [5, 5.41) is 12.9. The fraction of sp³-hybridized carbons (Fsp3) is 0.579. The van der Waals surface area contributed by atoms with E-state index >= 15 is 0 Å². The van der Waals surface area contributed by atoms with Crippen LogP contribution in [-0.4, -0.2) is 41.1 Å². The number of aryl methyl sites for hydroxylation is 1. The van der Waals surface area contributed by atoms with E-state index in [4.69, 9.17) is 9.26 Å². The summed E-state index contributed by atoms with van der Waals surface area (Å²) < 4.78 is 37.7. The Morgan fingerprint density at radius 1 is 1.41 bits per heavy atom. The zero-order valence-corrected chi connectivity index (χ0v) is 18.0. The molecule has 0 bridgehead atoms. The summed E-state index contributed by atoms with van der Waals surface area (Å²) >= 11 is 0. The summed E-state index contributed by atoms with van der Waals surface area (Å²) in [6.45, 7) is 6.10. The number of nitrogens with zero attached hydrogens (tertiary/aromatic N) is 1. The van der Waals surface area contributed by atoms with Gasteiger partial charge in [-0.25, -0.2) is 14.5 Å². The summed E-state index contributed by atoms with van der Waals surface area (Å²) in [6, 6.07) is 4.55. The highest BCUT2D eigenvalue weighted by atomic mass is 31.2. The maximum absolute atomic E-state index is 13.8. The highest BCUT2D eigenvalue weighted by molar-refractivity contribution is 7.58. The number of piperidine rings is 1. The number of hydrogen-bond donors (Lipinski definition) is 2. The first-order chi connectivity index (χ1) is 13.4. The van der Waals surface area contributed by atoms with E-state index in [2.05, 4.69) is 5.09 Å². The summed E-state index contributed by atoms with van der Waals surface area (Å²) in [4.78, 5) is 24.3. The predicted molar refractivity (Wildman–Crippen MR) is 104 cm³/mol. The minimum Gasteiger partial charge on any atom is -0.438 e. The van der Waals surface area contributed by atoms with Crippen LogP contribution in [0.25, 0.3) is 0 Å². The van der Waals surface area contributed by atoms with Crippen LogP contribution < -0.4 is 5.09 Å². The first-order valence-corrected chi connectivity index (χ1v) is 11.1. The van der Waals surface area contributed by atoms with Crippen molar-refractivity contribution in [1.82, 2.24) is 10.2 Å². The van der Waals surface area contributed by atoms with E-state index in [-0.39, 0.29) is 19.5 Å². The van der Waals surface area contributed by atoms with Crippen LogP contribution in [0.15, 0.2) is 18.2 Å². The van der Waals surface area contributed by atoms with Gasteiger partial charge >= 0.3 is 5.97 Å². The lowest BCUT2D eigenvalue weighted by atomic mass is 9.98. The topological polar surface area (TPSA) is 105 Å². The summed E-state index contributed by atoms with van der Waals surface area (Å²) in [5.41, 5.74) is -0.929. The molecule has 0 spiro atoms. The fourth-order valence-electron chi connectivity index (χ4n) is 2.72. The second-order valence-electron chi connectivity index (χ2n) is 8.06. The normalized spacial score (nSPS) is 19.7. The van der Waals surface area contributed by atoms with Gasteiger partial charge in [0.15, 0.2) is 6.79 Å². The Labute approximate surface area is 169 Å². The average Bonchev–Trinajstić information content (AvgIpc) is 2.64. The lowest BCUT2D eigenvalue weighted by Crippen LogP contribution is -2.44. The molecule has 2 atom stereocenters. The summed E-state index contributed by atoms with van der Waals surface area (Å²) in [7, 11) is -3.89. The van der Waals surface area contributed by atoms with Crippen molar-refractivity contribution in [3.05, 3.63) is 35.1 Å². The van der Waals surface area contributed by atoms with Crippen LogP contribution in [0.3, 0.4) is 0 Å². The van der Waals surface area contributed by atoms with Crippen LogP contribution in [0.2, 0.25) is 0 Å². The van der Waals surface area contributed by atoms with E-state index < -0.39 is 43.1 Å². The Morgan fingerprint density at radius 3 is 2.72 bits per heavy atom. The van der Waals surface area contributed by atoms with Gasteiger partial charge in [0, 0.05) is 13.1 Å². The molecular formula is C19H28FN2O6P. The molecule has 0 aliphatic carbocycles. The van der Waals surface area contributed by atoms with Crippen LogP contribution in [0.5, 0.6) is 0 Å². The molecule has 0 saturated carbocycles. The third kappa shape index (κ3) is 6.09. The molecule has 2 N–H and O–H groups in total. The molecule has 1 fully saturated rings. The molecule has 1 aliphatic rings. The van der Waals surface area contributed by atoms with Crippen molar-refractivity contribution in [1.29, 1.82) is 0 Å². The second kappa shape index (κ2) is 9.34. The molecule has 0 aromatic heterocycles. The molecular weight excluding hydrogens is 402 g/mol. The predicted octanol–water partition coefficient (Wildman–Crippen LogP) is 3.36. The summed E-state index contributed by atoms with van der Waals surface area (Å²) in [6.07, 6.45) is 0.665. The molecule has 2 rings (SSSR count). The molecule has 8 nitrogen and oxygen atoms in total. The Balaban J connectivity index is 2.15. The molecule has 162 valence electrons. The average molecular weight is 430 g/mol. The number of rotatable bonds is 7. The molecule has 0 radical (unpaired) electrons. The van der Waals surface area contributed by atoms with Crippen molar-refractivity contribution in [3.8, 4) is 0 Å². The van der Waals surface area contributed by atoms with E-state index in [1.165, 1.54) is 6.07 Å². The molecule has 1 aromatic carbocycles. The zero-order valence-electron chi connectivity index (χ0n) is 17.1. The first kappa shape index (κ1) is 23.5. The quantitative estimate of drug-likeness (QED) is 0.296. The van der Waals surface area contributed by atoms with Gasteiger partial charge in [-0.1, -0.05) is 12.1 Å². The van der Waals surface area contributed by atoms with Crippen LogP contribution in [0, 0.1) is 18.2 Å². The molecule has 1 amide bonds. The maximum atomic E-state index is 13.8. The van der Waals surface area contributed by atoms with Crippen LogP contribution in [-0.2, 0) is 30.0 Å². The standard InChI is InChI=1S/C19H28FN2O6P/c1-13-7-8-14(10-15(13)20)11-21-29(26,16-6-5-9-22(25)17(16)23)28-12-27-18(24)19(2,3)4/h7-8,10,16,25H,5-6,9,11-12H2,1-4H3,(H,21,26). The molecule has 1 aromatic rings. The molecule has 1 saturated heterocycles. The maximum Gasteiger partial charge on any atom is 0.313 e. The number of benzene rings is 1. The number of nitrogens with one attached hydrogen (secondary N) is 1. The second-order valence-corrected chi connectivity index (χ2v) is 10.5. The van der Waals surface area contributed by atoms with Crippen molar-refractivity contribution >= 4 is 19.4 Å². The Kier molecular flexibility index (Phi) is 7.56. The third-order valence-electron chi connectivity index (χ3n) is 4.58. The van der Waals surface area contributed by atoms with Gasteiger partial charge in [-0.15, -0.1) is 0 Å². The van der Waals surface area contributed by atoms with Gasteiger partial charge in [-0.3, -0.25) is 23.9 Å². The van der Waals surface area contributed by atoms with Crippen molar-refractivity contribution in [2.45, 2.75) is 52.7 Å². The number of carbonyl (C=O) groups excluding carboxylic acids is 2. The number of carbonyl (C=O) groups is 2. The molecule has 10 heteroatoms. The van der Waals surface area contributed by atoms with Crippen molar-refractivity contribution < 1.29 is 33.0 Å². The number of amides is 1. The highest BCUT2D eigenvalue weighted by Gasteiger charge is 2.44.